The highest BCUT2D eigenvalue weighted by Gasteiger charge is 2.20. The van der Waals surface area contributed by atoms with E-state index >= 15 is 0 Å². The maximum atomic E-state index is 13.6. The van der Waals surface area contributed by atoms with E-state index in [9.17, 15) is 18.8 Å². The third-order valence-corrected chi connectivity index (χ3v) is 8.60. The van der Waals surface area contributed by atoms with Crippen LogP contribution in [0.1, 0.15) is 70.6 Å². The topological polar surface area (TPSA) is 152 Å². The number of rotatable bonds is 18. The fraction of sp³-hybridized carbons (Fsp3) is 0.457. The highest BCUT2D eigenvalue weighted by molar-refractivity contribution is 6.31. The van der Waals surface area contributed by atoms with E-state index in [-0.39, 0.29) is 28.8 Å². The molecule has 0 bridgehead atoms. The molecule has 0 aliphatic carbocycles. The predicted molar refractivity (Wildman–Crippen MR) is 187 cm³/mol. The number of hydrogen-bond donors (Lipinski definition) is 4. The third-order valence-electron chi connectivity index (χ3n) is 8.31. The number of nitrogens with zero attached hydrogens (tertiary/aromatic N) is 3. The van der Waals surface area contributed by atoms with Gasteiger partial charge in [-0.15, -0.1) is 0 Å². The summed E-state index contributed by atoms with van der Waals surface area (Å²) in [4.78, 5) is 46.9. The molecule has 11 nitrogen and oxygen atoms in total. The molecule has 4 rings (SSSR count). The number of primary amides is 1. The second-order valence-electron chi connectivity index (χ2n) is 12.0. The van der Waals surface area contributed by atoms with Gasteiger partial charge in [-0.2, -0.15) is 0 Å². The van der Waals surface area contributed by atoms with Gasteiger partial charge in [0, 0.05) is 61.7 Å². The van der Waals surface area contributed by atoms with Gasteiger partial charge in [-0.05, 0) is 49.9 Å². The number of methoxy groups -OCH3 is 1. The molecular formula is C35H45ClFN7O4. The van der Waals surface area contributed by atoms with E-state index in [1.165, 1.54) is 31.6 Å². The molecule has 5 N–H and O–H groups in total. The number of ether oxygens (including phenoxy) is 1. The van der Waals surface area contributed by atoms with E-state index in [0.717, 1.165) is 70.9 Å². The van der Waals surface area contributed by atoms with Crippen molar-refractivity contribution in [1.82, 2.24) is 20.2 Å². The summed E-state index contributed by atoms with van der Waals surface area (Å²) < 4.78 is 19.1. The Bertz CT molecular complexity index is 1580. The summed E-state index contributed by atoms with van der Waals surface area (Å²) in [6.45, 7) is 2.29. The molecule has 48 heavy (non-hydrogen) atoms. The van der Waals surface area contributed by atoms with Crippen LogP contribution >= 0.6 is 11.6 Å². The number of amides is 3. The van der Waals surface area contributed by atoms with Crippen LogP contribution in [0.4, 0.5) is 21.6 Å². The molecule has 0 spiro atoms. The molecule has 0 unspecified atom stereocenters. The lowest BCUT2D eigenvalue weighted by atomic mass is 10.0. The van der Waals surface area contributed by atoms with Crippen molar-refractivity contribution in [3.8, 4) is 5.75 Å². The maximum Gasteiger partial charge on any atom is 0.248 e. The van der Waals surface area contributed by atoms with E-state index in [4.69, 9.17) is 22.1 Å². The normalized spacial score (nSPS) is 13.9. The van der Waals surface area contributed by atoms with Gasteiger partial charge >= 0.3 is 0 Å². The zero-order valence-corrected chi connectivity index (χ0v) is 28.2. The lowest BCUT2D eigenvalue weighted by Gasteiger charge is -2.31. The molecular weight excluding hydrogens is 637 g/mol. The Morgan fingerprint density at radius 2 is 1.73 bits per heavy atom. The molecule has 1 aromatic heterocycles. The van der Waals surface area contributed by atoms with Gasteiger partial charge in [0.1, 0.15) is 23.7 Å². The first-order chi connectivity index (χ1) is 23.2. The molecule has 1 saturated heterocycles. The minimum absolute atomic E-state index is 0.0171. The van der Waals surface area contributed by atoms with Crippen LogP contribution in [0.3, 0.4) is 0 Å². The molecule has 0 saturated carbocycles. The minimum Gasteiger partial charge on any atom is -0.494 e. The number of carbonyl (C=O) groups excluding carboxylic acids is 3. The fourth-order valence-corrected chi connectivity index (χ4v) is 5.85. The van der Waals surface area contributed by atoms with Gasteiger partial charge in [0.15, 0.2) is 0 Å². The Morgan fingerprint density at radius 3 is 2.42 bits per heavy atom. The number of halogens is 2. The number of anilines is 3. The van der Waals surface area contributed by atoms with E-state index in [2.05, 4.69) is 30.8 Å². The average Bonchev–Trinajstić information content (AvgIpc) is 3.06. The number of nitrogens with two attached hydrogens (primary N) is 1. The van der Waals surface area contributed by atoms with Crippen LogP contribution < -0.4 is 26.4 Å². The molecule has 0 atom stereocenters. The molecule has 2 aromatic carbocycles. The van der Waals surface area contributed by atoms with Crippen LogP contribution in [0.5, 0.6) is 5.75 Å². The molecule has 3 amide bonds. The molecule has 3 aromatic rings. The van der Waals surface area contributed by atoms with Crippen molar-refractivity contribution in [1.29, 1.82) is 0 Å². The second-order valence-corrected chi connectivity index (χ2v) is 12.4. The molecule has 1 fully saturated rings. The van der Waals surface area contributed by atoms with Gasteiger partial charge < -0.3 is 26.4 Å². The summed E-state index contributed by atoms with van der Waals surface area (Å²) >= 11 is 5.93. The standard InChI is InChI=1S/C35H45ClFN7O4/c1-48-31-22-29-26(35(40-23-39-29)42-25-13-14-28(37)27(36)20-25)21-30(31)43-34(47)12-9-17-44-18-15-24(16-19-44)41-33(46)11-8-6-4-2-3-5-7-10-32(38)45/h9,12-14,20-24H,2-8,10-11,15-19H2,1H3,(H2,38,45)(H,41,46)(H,43,47)(H,39,40,42)/b12-9+. The third kappa shape index (κ3) is 11.7. The van der Waals surface area contributed by atoms with Crippen molar-refractivity contribution in [2.45, 2.75) is 76.7 Å². The van der Waals surface area contributed by atoms with Crippen molar-refractivity contribution in [3.05, 3.63) is 59.7 Å². The Hall–Kier alpha value is -4.29. The van der Waals surface area contributed by atoms with Crippen LogP contribution in [-0.4, -0.2) is 65.4 Å². The van der Waals surface area contributed by atoms with Crippen molar-refractivity contribution in [2.24, 2.45) is 5.73 Å². The monoisotopic (exact) mass is 681 g/mol. The SMILES string of the molecule is COc1cc2ncnc(Nc3ccc(F)c(Cl)c3)c2cc1NC(=O)/C=C/CN1CCC(NC(=O)CCCCCCCCCC(N)=O)CC1. The van der Waals surface area contributed by atoms with Crippen molar-refractivity contribution >= 4 is 57.4 Å². The van der Waals surface area contributed by atoms with E-state index < -0.39 is 5.82 Å². The summed E-state index contributed by atoms with van der Waals surface area (Å²) in [5.41, 5.74) is 6.74. The zero-order chi connectivity index (χ0) is 34.3. The first kappa shape index (κ1) is 36.5. The quantitative estimate of drug-likeness (QED) is 0.0909. The number of carbonyl (C=O) groups is 3. The number of piperidine rings is 1. The number of nitrogens with one attached hydrogen (secondary N) is 3. The van der Waals surface area contributed by atoms with Crippen LogP contribution in [0.25, 0.3) is 10.9 Å². The summed E-state index contributed by atoms with van der Waals surface area (Å²) in [5, 5.41) is 9.80. The Balaban J connectivity index is 1.18. The second kappa shape index (κ2) is 18.9. The van der Waals surface area contributed by atoms with Crippen LogP contribution in [0, 0.1) is 5.82 Å². The van der Waals surface area contributed by atoms with Gasteiger partial charge in [-0.3, -0.25) is 19.3 Å². The van der Waals surface area contributed by atoms with Gasteiger partial charge in [0.25, 0.3) is 0 Å². The molecule has 1 aliphatic heterocycles. The number of unbranched alkanes of at least 4 members (excludes halogenated alkanes) is 6. The molecule has 13 heteroatoms. The van der Waals surface area contributed by atoms with Crippen LogP contribution in [0.2, 0.25) is 5.02 Å². The van der Waals surface area contributed by atoms with Gasteiger partial charge in [0.05, 0.1) is 23.3 Å². The Morgan fingerprint density at radius 1 is 1.02 bits per heavy atom. The lowest BCUT2D eigenvalue weighted by Crippen LogP contribution is -2.44. The summed E-state index contributed by atoms with van der Waals surface area (Å²) in [7, 11) is 1.51. The summed E-state index contributed by atoms with van der Waals surface area (Å²) in [6, 6.07) is 7.89. The van der Waals surface area contributed by atoms with Crippen molar-refractivity contribution in [2.75, 3.05) is 37.4 Å². The van der Waals surface area contributed by atoms with Crippen LogP contribution in [-0.2, 0) is 14.4 Å². The number of aromatic nitrogens is 2. The van der Waals surface area contributed by atoms with Crippen LogP contribution in [0.15, 0.2) is 48.8 Å². The Labute approximate surface area is 285 Å². The number of hydrogen-bond acceptors (Lipinski definition) is 8. The molecule has 258 valence electrons. The van der Waals surface area contributed by atoms with Crippen molar-refractivity contribution in [3.63, 3.8) is 0 Å². The number of likely N-dealkylation sites (tertiary alicyclic amines) is 1. The predicted octanol–water partition coefficient (Wildman–Crippen LogP) is 6.25. The largest absolute Gasteiger partial charge is 0.494 e. The highest BCUT2D eigenvalue weighted by Crippen LogP contribution is 2.33. The highest BCUT2D eigenvalue weighted by atomic mass is 35.5. The number of benzene rings is 2. The average molecular weight is 682 g/mol. The summed E-state index contributed by atoms with van der Waals surface area (Å²) in [5.74, 6) is -0.0529. The molecule has 0 radical (unpaired) electrons. The fourth-order valence-electron chi connectivity index (χ4n) is 5.67. The number of fused-ring (bicyclic) bond motifs is 1. The van der Waals surface area contributed by atoms with E-state index in [0.29, 0.717) is 53.2 Å². The Kier molecular flexibility index (Phi) is 14.4. The smallest absolute Gasteiger partial charge is 0.248 e. The van der Waals surface area contributed by atoms with Gasteiger partial charge in [-0.25, -0.2) is 14.4 Å². The molecule has 1 aliphatic rings. The minimum atomic E-state index is -0.521. The van der Waals surface area contributed by atoms with E-state index in [1.54, 1.807) is 18.2 Å². The van der Waals surface area contributed by atoms with Gasteiger partial charge in [0.2, 0.25) is 17.7 Å². The maximum absolute atomic E-state index is 13.6. The first-order valence-electron chi connectivity index (χ1n) is 16.5. The molecule has 2 heterocycles. The summed E-state index contributed by atoms with van der Waals surface area (Å²) in [6.07, 6.45) is 14.6. The van der Waals surface area contributed by atoms with Crippen molar-refractivity contribution < 1.29 is 23.5 Å². The zero-order valence-electron chi connectivity index (χ0n) is 27.4. The van der Waals surface area contributed by atoms with Gasteiger partial charge in [-0.1, -0.05) is 49.8 Å². The lowest BCUT2D eigenvalue weighted by molar-refractivity contribution is -0.122. The first-order valence-corrected chi connectivity index (χ1v) is 16.9. The van der Waals surface area contributed by atoms with E-state index in [1.807, 2.05) is 6.08 Å².